The van der Waals surface area contributed by atoms with E-state index >= 15 is 0 Å². The van der Waals surface area contributed by atoms with Crippen LogP contribution in [0, 0.1) is 0 Å². The summed E-state index contributed by atoms with van der Waals surface area (Å²) in [5.74, 6) is -1.62. The molecule has 8 atom stereocenters. The van der Waals surface area contributed by atoms with Crippen molar-refractivity contribution in [3.05, 3.63) is 0 Å². The van der Waals surface area contributed by atoms with E-state index in [0.717, 1.165) is 25.7 Å². The van der Waals surface area contributed by atoms with Gasteiger partial charge in [-0.1, -0.05) is 53.4 Å². The summed E-state index contributed by atoms with van der Waals surface area (Å²) in [4.78, 5) is 12.5. The number of aliphatic hydroxyl groups is 4. The number of aliphatic hydroxyl groups excluding tert-OH is 4. The highest BCUT2D eigenvalue weighted by Gasteiger charge is 2.51. The van der Waals surface area contributed by atoms with Crippen LogP contribution >= 0.6 is 0 Å². The average Bonchev–Trinajstić information content (AvgIpc) is 3.16. The average molecular weight is 581 g/mol. The molecule has 11 nitrogen and oxygen atoms in total. The molecule has 4 N–H and O–H groups in total. The van der Waals surface area contributed by atoms with Crippen molar-refractivity contribution in [1.82, 2.24) is 0 Å². The lowest BCUT2D eigenvalue weighted by Crippen LogP contribution is -2.61. The predicted molar refractivity (Wildman–Crippen MR) is 145 cm³/mol. The molecule has 0 aromatic rings. The van der Waals surface area contributed by atoms with Gasteiger partial charge < -0.3 is 48.5 Å². The second-order valence-corrected chi connectivity index (χ2v) is 17.4. The lowest BCUT2D eigenvalue weighted by Gasteiger charge is -2.42. The Balaban J connectivity index is 2.12. The molecule has 1 unspecified atom stereocenters. The maximum absolute atomic E-state index is 12.5. The predicted octanol–water partition coefficient (Wildman–Crippen LogP) is 2.57. The van der Waals surface area contributed by atoms with Crippen LogP contribution in [0.5, 0.6) is 0 Å². The zero-order valence-corrected chi connectivity index (χ0v) is 25.9. The SMILES string of the molecule is CCCCCCCC(=O)O[C@@H]1[C@H](OC(O)[C@@H]2OC(C)(C)O[C@H]2CO[Si](C)(C)C(C)(C)C)O[C@H](CO)[C@@H](O)[C@@H]1O. The summed E-state index contributed by atoms with van der Waals surface area (Å²) in [6.45, 7) is 15.6. The normalized spacial score (nSPS) is 32.3. The summed E-state index contributed by atoms with van der Waals surface area (Å²) in [5, 5.41) is 41.8. The van der Waals surface area contributed by atoms with Gasteiger partial charge in [-0.3, -0.25) is 4.79 Å². The Morgan fingerprint density at radius 1 is 1.03 bits per heavy atom. The molecule has 2 fully saturated rings. The lowest BCUT2D eigenvalue weighted by molar-refractivity contribution is -0.345. The maximum atomic E-state index is 12.5. The minimum atomic E-state index is -2.13. The second kappa shape index (κ2) is 14.5. The molecule has 39 heavy (non-hydrogen) atoms. The zero-order chi connectivity index (χ0) is 29.6. The Morgan fingerprint density at radius 2 is 1.67 bits per heavy atom. The number of carbonyl (C=O) groups excluding carboxylic acids is 1. The summed E-state index contributed by atoms with van der Waals surface area (Å²) in [7, 11) is -2.13. The van der Waals surface area contributed by atoms with E-state index in [-0.39, 0.29) is 18.1 Å². The molecule has 2 aliphatic heterocycles. The highest BCUT2D eigenvalue weighted by molar-refractivity contribution is 6.74. The fraction of sp³-hybridized carbons (Fsp3) is 0.963. The summed E-state index contributed by atoms with van der Waals surface area (Å²) in [6.07, 6.45) is -5.75. The number of hydrogen-bond donors (Lipinski definition) is 4. The van der Waals surface area contributed by atoms with Crippen molar-refractivity contribution in [1.29, 1.82) is 0 Å². The van der Waals surface area contributed by atoms with Gasteiger partial charge in [0.1, 0.15) is 30.5 Å². The van der Waals surface area contributed by atoms with Crippen LogP contribution in [0.1, 0.15) is 80.1 Å². The third kappa shape index (κ3) is 9.69. The van der Waals surface area contributed by atoms with Gasteiger partial charge in [0.05, 0.1) is 13.2 Å². The molecular formula is C27H52O11Si. The van der Waals surface area contributed by atoms with Crippen molar-refractivity contribution in [3.8, 4) is 0 Å². The summed E-state index contributed by atoms with van der Waals surface area (Å²) in [6, 6.07) is 0. The molecule has 0 spiro atoms. The molecule has 230 valence electrons. The van der Waals surface area contributed by atoms with E-state index in [9.17, 15) is 25.2 Å². The van der Waals surface area contributed by atoms with Crippen molar-refractivity contribution in [2.45, 2.75) is 153 Å². The van der Waals surface area contributed by atoms with Crippen LogP contribution in [0.3, 0.4) is 0 Å². The van der Waals surface area contributed by atoms with E-state index in [1.165, 1.54) is 0 Å². The fourth-order valence-electron chi connectivity index (χ4n) is 4.33. The van der Waals surface area contributed by atoms with Gasteiger partial charge in [0.2, 0.25) is 6.29 Å². The molecule has 2 rings (SSSR count). The monoisotopic (exact) mass is 580 g/mol. The van der Waals surface area contributed by atoms with E-state index in [1.807, 2.05) is 0 Å². The number of rotatable bonds is 14. The van der Waals surface area contributed by atoms with E-state index in [4.69, 9.17) is 28.1 Å². The van der Waals surface area contributed by atoms with Crippen LogP contribution in [0.4, 0.5) is 0 Å². The van der Waals surface area contributed by atoms with E-state index < -0.39 is 75.9 Å². The molecule has 0 saturated carbocycles. The minimum Gasteiger partial charge on any atom is -0.454 e. The first-order chi connectivity index (χ1) is 18.0. The Hall–Kier alpha value is -0.673. The van der Waals surface area contributed by atoms with Gasteiger partial charge in [0.15, 0.2) is 26.5 Å². The first-order valence-electron chi connectivity index (χ1n) is 14.2. The standard InChI is InChI=1S/C27H52O11Si/c1-9-10-11-12-13-14-19(29)35-23-21(31)20(30)17(15-28)34-25(23)36-24(32)22-18(37-27(5,6)38-22)16-33-39(7,8)26(2,3)4/h17-18,20-25,28,30-32H,9-16H2,1-8H3/t17-,18+,20-,21+,22-,23+,24?,25+/m1/s1. The molecule has 2 heterocycles. The van der Waals surface area contributed by atoms with E-state index in [2.05, 4.69) is 40.8 Å². The van der Waals surface area contributed by atoms with Crippen molar-refractivity contribution < 1.29 is 53.3 Å². The van der Waals surface area contributed by atoms with Gasteiger partial charge in [-0.25, -0.2) is 0 Å². The minimum absolute atomic E-state index is 0.0358. The van der Waals surface area contributed by atoms with Crippen LogP contribution in [0.25, 0.3) is 0 Å². The van der Waals surface area contributed by atoms with Gasteiger partial charge in [0, 0.05) is 6.42 Å². The molecule has 0 radical (unpaired) electrons. The third-order valence-corrected chi connectivity index (χ3v) is 12.3. The molecule has 0 bridgehead atoms. The largest absolute Gasteiger partial charge is 0.454 e. The Labute approximate surface area is 234 Å². The van der Waals surface area contributed by atoms with Gasteiger partial charge >= 0.3 is 5.97 Å². The molecule has 0 aromatic heterocycles. The van der Waals surface area contributed by atoms with Gasteiger partial charge in [0.25, 0.3) is 0 Å². The van der Waals surface area contributed by atoms with Crippen molar-refractivity contribution in [2.75, 3.05) is 13.2 Å². The molecular weight excluding hydrogens is 528 g/mol. The molecule has 2 aliphatic rings. The summed E-state index contributed by atoms with van der Waals surface area (Å²) in [5.41, 5.74) is 0. The quantitative estimate of drug-likeness (QED) is 0.104. The Bertz CT molecular complexity index is 757. The second-order valence-electron chi connectivity index (χ2n) is 12.6. The van der Waals surface area contributed by atoms with Crippen LogP contribution in [0.2, 0.25) is 18.1 Å². The highest BCUT2D eigenvalue weighted by atomic mass is 28.4. The van der Waals surface area contributed by atoms with E-state index in [0.29, 0.717) is 6.42 Å². The van der Waals surface area contributed by atoms with Crippen molar-refractivity contribution in [3.63, 3.8) is 0 Å². The number of hydrogen-bond acceptors (Lipinski definition) is 11. The van der Waals surface area contributed by atoms with E-state index in [1.54, 1.807) is 13.8 Å². The lowest BCUT2D eigenvalue weighted by atomic mass is 9.99. The van der Waals surface area contributed by atoms with Crippen LogP contribution in [-0.4, -0.2) is 103 Å². The first kappa shape index (κ1) is 34.5. The van der Waals surface area contributed by atoms with Crippen LogP contribution < -0.4 is 0 Å². The molecule has 2 saturated heterocycles. The number of esters is 1. The van der Waals surface area contributed by atoms with Crippen LogP contribution in [0.15, 0.2) is 0 Å². The topological polar surface area (TPSA) is 153 Å². The Morgan fingerprint density at radius 3 is 2.26 bits per heavy atom. The van der Waals surface area contributed by atoms with Crippen LogP contribution in [-0.2, 0) is 32.9 Å². The molecule has 0 aromatic carbocycles. The number of unbranched alkanes of at least 4 members (excludes halogenated alkanes) is 4. The number of carbonyl (C=O) groups is 1. The van der Waals surface area contributed by atoms with Gasteiger partial charge in [-0.05, 0) is 38.4 Å². The molecule has 12 heteroatoms. The van der Waals surface area contributed by atoms with Crippen molar-refractivity contribution in [2.24, 2.45) is 0 Å². The first-order valence-corrected chi connectivity index (χ1v) is 17.1. The maximum Gasteiger partial charge on any atom is 0.306 e. The summed E-state index contributed by atoms with van der Waals surface area (Å²) < 4.78 is 35.1. The molecule has 0 aliphatic carbocycles. The fourth-order valence-corrected chi connectivity index (χ4v) is 5.34. The van der Waals surface area contributed by atoms with Gasteiger partial charge in [-0.2, -0.15) is 0 Å². The third-order valence-electron chi connectivity index (χ3n) is 7.77. The zero-order valence-electron chi connectivity index (χ0n) is 24.9. The highest BCUT2D eigenvalue weighted by Crippen LogP contribution is 2.38. The summed E-state index contributed by atoms with van der Waals surface area (Å²) >= 11 is 0. The van der Waals surface area contributed by atoms with Gasteiger partial charge in [-0.15, -0.1) is 0 Å². The Kier molecular flexibility index (Phi) is 12.8. The smallest absolute Gasteiger partial charge is 0.306 e. The molecule has 0 amide bonds. The number of ether oxygens (including phenoxy) is 5. The van der Waals surface area contributed by atoms with Crippen molar-refractivity contribution >= 4 is 14.3 Å².